The molecule has 1 aromatic heterocycles. The Morgan fingerprint density at radius 3 is 3.00 bits per heavy atom. The van der Waals surface area contributed by atoms with Crippen molar-refractivity contribution in [3.8, 4) is 0 Å². The van der Waals surface area contributed by atoms with Crippen molar-refractivity contribution in [2.24, 2.45) is 0 Å². The highest BCUT2D eigenvalue weighted by atomic mass is 32.1. The van der Waals surface area contributed by atoms with E-state index in [0.29, 0.717) is 5.69 Å². The number of thiophene rings is 1. The molecule has 1 aromatic carbocycles. The van der Waals surface area contributed by atoms with Gasteiger partial charge in [0.2, 0.25) is 0 Å². The molecule has 2 rings (SSSR count). The van der Waals surface area contributed by atoms with Crippen LogP contribution in [0.1, 0.15) is 12.5 Å². The van der Waals surface area contributed by atoms with E-state index >= 15 is 0 Å². The van der Waals surface area contributed by atoms with Crippen LogP contribution in [-0.2, 0) is 6.42 Å². The van der Waals surface area contributed by atoms with E-state index in [2.05, 4.69) is 0 Å². The Morgan fingerprint density at radius 2 is 2.31 bits per heavy atom. The van der Waals surface area contributed by atoms with Crippen LogP contribution in [0.15, 0.2) is 17.5 Å². The lowest BCUT2D eigenvalue weighted by Gasteiger charge is -2.05. The van der Waals surface area contributed by atoms with Gasteiger partial charge in [0.1, 0.15) is 5.82 Å². The Kier molecular flexibility index (Phi) is 1.96. The van der Waals surface area contributed by atoms with E-state index in [9.17, 15) is 4.39 Å². The Hall–Kier alpha value is -1.09. The molecule has 0 radical (unpaired) electrons. The predicted molar refractivity (Wildman–Crippen MR) is 55.6 cm³/mol. The largest absolute Gasteiger partial charge is 0.396 e. The first-order valence-electron chi connectivity index (χ1n) is 4.18. The summed E-state index contributed by atoms with van der Waals surface area (Å²) >= 11 is 1.54. The molecule has 2 N–H and O–H groups in total. The van der Waals surface area contributed by atoms with Crippen LogP contribution in [-0.4, -0.2) is 0 Å². The minimum absolute atomic E-state index is 0.299. The Balaban J connectivity index is 2.87. The van der Waals surface area contributed by atoms with Gasteiger partial charge in [0.25, 0.3) is 0 Å². The molecule has 0 aliphatic rings. The maximum atomic E-state index is 13.3. The van der Waals surface area contributed by atoms with Gasteiger partial charge in [-0.2, -0.15) is 0 Å². The van der Waals surface area contributed by atoms with Crippen LogP contribution in [0.5, 0.6) is 0 Å². The number of hydrogen-bond acceptors (Lipinski definition) is 2. The van der Waals surface area contributed by atoms with E-state index in [1.54, 1.807) is 11.3 Å². The fourth-order valence-electron chi connectivity index (χ4n) is 1.55. The van der Waals surface area contributed by atoms with Crippen molar-refractivity contribution in [2.75, 3.05) is 5.73 Å². The van der Waals surface area contributed by atoms with Crippen molar-refractivity contribution in [3.05, 3.63) is 28.9 Å². The first kappa shape index (κ1) is 8.51. The summed E-state index contributed by atoms with van der Waals surface area (Å²) in [6.45, 7) is 1.99. The number of nitrogens with two attached hydrogens (primary N) is 1. The van der Waals surface area contributed by atoms with Crippen LogP contribution in [0, 0.1) is 5.82 Å². The van der Waals surface area contributed by atoms with E-state index in [-0.39, 0.29) is 5.82 Å². The monoisotopic (exact) mass is 195 g/mol. The number of anilines is 1. The van der Waals surface area contributed by atoms with Crippen molar-refractivity contribution in [1.29, 1.82) is 0 Å². The fraction of sp³-hybridized carbons (Fsp3) is 0.200. The number of halogens is 1. The molecule has 2 aromatic rings. The molecule has 3 heteroatoms. The molecule has 0 amide bonds. The summed E-state index contributed by atoms with van der Waals surface area (Å²) in [5.41, 5.74) is 6.87. The second-order valence-electron chi connectivity index (χ2n) is 2.94. The average Bonchev–Trinajstić information content (AvgIpc) is 2.54. The third-order valence-corrected chi connectivity index (χ3v) is 3.08. The van der Waals surface area contributed by atoms with Gasteiger partial charge >= 0.3 is 0 Å². The lowest BCUT2D eigenvalue weighted by atomic mass is 10.1. The smallest absolute Gasteiger partial charge is 0.147 e. The Labute approximate surface area is 80.0 Å². The number of rotatable bonds is 1. The first-order chi connectivity index (χ1) is 6.24. The topological polar surface area (TPSA) is 26.0 Å². The molecule has 0 saturated carbocycles. The van der Waals surface area contributed by atoms with Crippen molar-refractivity contribution in [1.82, 2.24) is 0 Å². The molecule has 0 aliphatic heterocycles. The minimum Gasteiger partial charge on any atom is -0.396 e. The summed E-state index contributed by atoms with van der Waals surface area (Å²) in [5, 5.41) is 3.05. The molecule has 0 aliphatic carbocycles. The molecule has 0 unspecified atom stereocenters. The second-order valence-corrected chi connectivity index (χ2v) is 3.88. The molecular weight excluding hydrogens is 185 g/mol. The zero-order valence-corrected chi connectivity index (χ0v) is 8.12. The summed E-state index contributed by atoms with van der Waals surface area (Å²) < 4.78 is 14.2. The molecule has 0 saturated heterocycles. The van der Waals surface area contributed by atoms with E-state index < -0.39 is 0 Å². The zero-order chi connectivity index (χ0) is 9.42. The standard InChI is InChI=1S/C10H10FNS/c1-2-6-7-3-4-13-9(7)5-8(11)10(6)12/h3-5H,2,12H2,1H3. The van der Waals surface area contributed by atoms with Crippen molar-refractivity contribution < 1.29 is 4.39 Å². The van der Waals surface area contributed by atoms with Crippen molar-refractivity contribution >= 4 is 27.1 Å². The molecule has 0 atom stereocenters. The SMILES string of the molecule is CCc1c(N)c(F)cc2sccc12. The van der Waals surface area contributed by atoms with Crippen molar-refractivity contribution in [2.45, 2.75) is 13.3 Å². The third kappa shape index (κ3) is 1.20. The minimum atomic E-state index is -0.299. The molecular formula is C10H10FNS. The molecule has 0 bridgehead atoms. The number of aryl methyl sites for hydroxylation is 1. The Morgan fingerprint density at radius 1 is 1.54 bits per heavy atom. The number of benzene rings is 1. The van der Waals surface area contributed by atoms with Gasteiger partial charge in [-0.3, -0.25) is 0 Å². The second kappa shape index (κ2) is 3.00. The van der Waals surface area contributed by atoms with Gasteiger partial charge in [-0.15, -0.1) is 11.3 Å². The normalized spacial score (nSPS) is 10.9. The van der Waals surface area contributed by atoms with Gasteiger partial charge < -0.3 is 5.73 Å². The van der Waals surface area contributed by atoms with Gasteiger partial charge in [0.05, 0.1) is 5.69 Å². The molecule has 0 fully saturated rings. The van der Waals surface area contributed by atoms with E-state index in [1.807, 2.05) is 18.4 Å². The number of nitrogen functional groups attached to an aromatic ring is 1. The molecule has 1 heterocycles. The van der Waals surface area contributed by atoms with E-state index in [0.717, 1.165) is 22.1 Å². The summed E-state index contributed by atoms with van der Waals surface area (Å²) in [6.07, 6.45) is 0.775. The molecule has 13 heavy (non-hydrogen) atoms. The molecule has 0 spiro atoms. The first-order valence-corrected chi connectivity index (χ1v) is 5.06. The molecule has 68 valence electrons. The highest BCUT2D eigenvalue weighted by Gasteiger charge is 2.09. The summed E-state index contributed by atoms with van der Waals surface area (Å²) in [6, 6.07) is 3.50. The lowest BCUT2D eigenvalue weighted by molar-refractivity contribution is 0.633. The van der Waals surface area contributed by atoms with Crippen molar-refractivity contribution in [3.63, 3.8) is 0 Å². The molecule has 1 nitrogen and oxygen atoms in total. The average molecular weight is 195 g/mol. The zero-order valence-electron chi connectivity index (χ0n) is 7.30. The van der Waals surface area contributed by atoms with Gasteiger partial charge in [-0.05, 0) is 34.9 Å². The van der Waals surface area contributed by atoms with Crippen LogP contribution in [0.4, 0.5) is 10.1 Å². The van der Waals surface area contributed by atoms with Gasteiger partial charge in [0, 0.05) is 4.70 Å². The highest BCUT2D eigenvalue weighted by Crippen LogP contribution is 2.30. The van der Waals surface area contributed by atoms with Crippen LogP contribution in [0.25, 0.3) is 10.1 Å². The fourth-order valence-corrected chi connectivity index (χ4v) is 2.39. The quantitative estimate of drug-likeness (QED) is 0.695. The predicted octanol–water partition coefficient (Wildman–Crippen LogP) is 3.19. The number of fused-ring (bicyclic) bond motifs is 1. The van der Waals surface area contributed by atoms with Crippen LogP contribution in [0.3, 0.4) is 0 Å². The third-order valence-electron chi connectivity index (χ3n) is 2.21. The summed E-state index contributed by atoms with van der Waals surface area (Å²) in [7, 11) is 0. The Bertz CT molecular complexity index is 447. The lowest BCUT2D eigenvalue weighted by Crippen LogP contribution is -1.96. The van der Waals surface area contributed by atoms with Gasteiger partial charge in [-0.1, -0.05) is 6.92 Å². The summed E-state index contributed by atoms with van der Waals surface area (Å²) in [4.78, 5) is 0. The maximum absolute atomic E-state index is 13.3. The van der Waals surface area contributed by atoms with E-state index in [1.165, 1.54) is 6.07 Å². The maximum Gasteiger partial charge on any atom is 0.147 e. The van der Waals surface area contributed by atoms with Gasteiger partial charge in [0.15, 0.2) is 0 Å². The van der Waals surface area contributed by atoms with Crippen LogP contribution >= 0.6 is 11.3 Å². The van der Waals surface area contributed by atoms with Crippen LogP contribution < -0.4 is 5.73 Å². The van der Waals surface area contributed by atoms with Crippen LogP contribution in [0.2, 0.25) is 0 Å². The number of hydrogen-bond donors (Lipinski definition) is 1. The highest BCUT2D eigenvalue weighted by molar-refractivity contribution is 7.17. The van der Waals surface area contributed by atoms with Gasteiger partial charge in [-0.25, -0.2) is 4.39 Å². The summed E-state index contributed by atoms with van der Waals surface area (Å²) in [5.74, 6) is -0.299. The van der Waals surface area contributed by atoms with E-state index in [4.69, 9.17) is 5.73 Å².